The number of hydrogen-bond donors (Lipinski definition) is 2. The molecule has 3 N–H and O–H groups in total. The van der Waals surface area contributed by atoms with Crippen LogP contribution in [0.4, 0.5) is 0 Å². The largest absolute Gasteiger partial charge is 0.409 e. The highest BCUT2D eigenvalue weighted by Crippen LogP contribution is 2.20. The zero-order valence-corrected chi connectivity index (χ0v) is 7.94. The molecule has 0 aliphatic carbocycles. The first-order chi connectivity index (χ1) is 6.15. The molecule has 1 aromatic heterocycles. The molecule has 0 saturated heterocycles. The summed E-state index contributed by atoms with van der Waals surface area (Å²) in [6.07, 6.45) is 4.58. The fraction of sp³-hybridized carbons (Fsp3) is 0.444. The van der Waals surface area contributed by atoms with Gasteiger partial charge in [0.15, 0.2) is 5.84 Å². The highest BCUT2D eigenvalue weighted by molar-refractivity contribution is 5.87. The third kappa shape index (κ3) is 1.52. The molecule has 4 nitrogen and oxygen atoms in total. The molecule has 1 unspecified atom stereocenters. The van der Waals surface area contributed by atoms with Crippen molar-refractivity contribution in [3.63, 3.8) is 0 Å². The molecule has 72 valence electrons. The van der Waals surface area contributed by atoms with E-state index in [1.807, 2.05) is 42.9 Å². The summed E-state index contributed by atoms with van der Waals surface area (Å²) < 4.78 is 1.93. The summed E-state index contributed by atoms with van der Waals surface area (Å²) >= 11 is 0. The average molecular weight is 181 g/mol. The SMILES string of the molecule is CCC(C)(/C(N)=N/O)n1cccc1. The summed E-state index contributed by atoms with van der Waals surface area (Å²) in [5.74, 6) is 0.228. The Bertz CT molecular complexity index is 292. The lowest BCUT2D eigenvalue weighted by molar-refractivity contribution is 0.302. The first-order valence-corrected chi connectivity index (χ1v) is 4.26. The van der Waals surface area contributed by atoms with Crippen LogP contribution in [0.5, 0.6) is 0 Å². The number of amidine groups is 1. The zero-order valence-electron chi connectivity index (χ0n) is 7.94. The maximum absolute atomic E-state index is 8.65. The Morgan fingerprint density at radius 2 is 2.08 bits per heavy atom. The third-order valence-corrected chi connectivity index (χ3v) is 2.52. The Labute approximate surface area is 77.7 Å². The smallest absolute Gasteiger partial charge is 0.165 e. The molecule has 0 saturated carbocycles. The second-order valence-electron chi connectivity index (χ2n) is 3.20. The fourth-order valence-electron chi connectivity index (χ4n) is 1.27. The van der Waals surface area contributed by atoms with Crippen LogP contribution in [0.1, 0.15) is 20.3 Å². The molecule has 1 aromatic rings. The summed E-state index contributed by atoms with van der Waals surface area (Å²) in [5, 5.41) is 11.7. The van der Waals surface area contributed by atoms with Crippen LogP contribution < -0.4 is 5.73 Å². The van der Waals surface area contributed by atoms with Crippen LogP contribution in [-0.4, -0.2) is 15.6 Å². The predicted octanol–water partition coefficient (Wildman–Crippen LogP) is 1.36. The molecule has 1 atom stereocenters. The van der Waals surface area contributed by atoms with Gasteiger partial charge >= 0.3 is 0 Å². The first-order valence-electron chi connectivity index (χ1n) is 4.26. The van der Waals surface area contributed by atoms with Crippen LogP contribution >= 0.6 is 0 Å². The van der Waals surface area contributed by atoms with Crippen molar-refractivity contribution in [3.8, 4) is 0 Å². The second kappa shape index (κ2) is 3.51. The van der Waals surface area contributed by atoms with Gasteiger partial charge in [-0.25, -0.2) is 0 Å². The third-order valence-electron chi connectivity index (χ3n) is 2.52. The topological polar surface area (TPSA) is 63.5 Å². The Kier molecular flexibility index (Phi) is 2.60. The van der Waals surface area contributed by atoms with E-state index in [2.05, 4.69) is 5.16 Å². The Hall–Kier alpha value is -1.45. The van der Waals surface area contributed by atoms with Crippen LogP contribution in [0.25, 0.3) is 0 Å². The number of rotatable bonds is 3. The van der Waals surface area contributed by atoms with Crippen molar-refractivity contribution in [1.82, 2.24) is 4.57 Å². The van der Waals surface area contributed by atoms with E-state index in [1.165, 1.54) is 0 Å². The van der Waals surface area contributed by atoms with Crippen LogP contribution in [0.2, 0.25) is 0 Å². The van der Waals surface area contributed by atoms with Crippen molar-refractivity contribution in [2.75, 3.05) is 0 Å². The molecule has 4 heteroatoms. The molecule has 0 amide bonds. The lowest BCUT2D eigenvalue weighted by atomic mass is 9.97. The molecule has 0 fully saturated rings. The molecule has 0 radical (unpaired) electrons. The second-order valence-corrected chi connectivity index (χ2v) is 3.20. The van der Waals surface area contributed by atoms with E-state index in [0.717, 1.165) is 6.42 Å². The minimum atomic E-state index is -0.432. The van der Waals surface area contributed by atoms with Crippen LogP contribution in [0.3, 0.4) is 0 Å². The lowest BCUT2D eigenvalue weighted by Gasteiger charge is -2.28. The van der Waals surface area contributed by atoms with Crippen molar-refractivity contribution in [2.45, 2.75) is 25.8 Å². The van der Waals surface area contributed by atoms with Gasteiger partial charge in [-0.1, -0.05) is 12.1 Å². The molecule has 0 aromatic carbocycles. The van der Waals surface area contributed by atoms with Gasteiger partial charge in [0.2, 0.25) is 0 Å². The van der Waals surface area contributed by atoms with Gasteiger partial charge < -0.3 is 15.5 Å². The summed E-state index contributed by atoms with van der Waals surface area (Å²) in [5.41, 5.74) is 5.20. The average Bonchev–Trinajstić information content (AvgIpc) is 2.68. The quantitative estimate of drug-likeness (QED) is 0.320. The van der Waals surface area contributed by atoms with Crippen molar-refractivity contribution in [3.05, 3.63) is 24.5 Å². The van der Waals surface area contributed by atoms with Gasteiger partial charge in [0.05, 0.1) is 0 Å². The first kappa shape index (κ1) is 9.64. The van der Waals surface area contributed by atoms with E-state index in [9.17, 15) is 0 Å². The zero-order chi connectivity index (χ0) is 9.90. The molecule has 0 aliphatic rings. The minimum Gasteiger partial charge on any atom is -0.409 e. The lowest BCUT2D eigenvalue weighted by Crippen LogP contribution is -2.42. The Morgan fingerprint density at radius 1 is 1.54 bits per heavy atom. The summed E-state index contributed by atoms with van der Waals surface area (Å²) in [6.45, 7) is 3.93. The van der Waals surface area contributed by atoms with Gasteiger partial charge in [-0.15, -0.1) is 0 Å². The van der Waals surface area contributed by atoms with Gasteiger partial charge in [-0.2, -0.15) is 0 Å². The summed E-state index contributed by atoms with van der Waals surface area (Å²) in [4.78, 5) is 0. The number of nitrogens with zero attached hydrogens (tertiary/aromatic N) is 2. The van der Waals surface area contributed by atoms with Gasteiger partial charge in [-0.05, 0) is 25.5 Å². The minimum absolute atomic E-state index is 0.228. The normalized spacial score (nSPS) is 16.9. The maximum Gasteiger partial charge on any atom is 0.165 e. The molecule has 0 aliphatic heterocycles. The Balaban J connectivity index is 3.08. The standard InChI is InChI=1S/C9H15N3O/c1-3-9(2,8(10)11-13)12-6-4-5-7-12/h4-7,13H,3H2,1-2H3,(H2,10,11). The highest BCUT2D eigenvalue weighted by Gasteiger charge is 2.28. The maximum atomic E-state index is 8.65. The highest BCUT2D eigenvalue weighted by atomic mass is 16.4. The van der Waals surface area contributed by atoms with Crippen molar-refractivity contribution >= 4 is 5.84 Å². The van der Waals surface area contributed by atoms with E-state index in [1.54, 1.807) is 0 Å². The van der Waals surface area contributed by atoms with Crippen molar-refractivity contribution < 1.29 is 5.21 Å². The van der Waals surface area contributed by atoms with Crippen LogP contribution in [0.15, 0.2) is 29.7 Å². The van der Waals surface area contributed by atoms with Crippen LogP contribution in [0, 0.1) is 0 Å². The molecule has 0 bridgehead atoms. The van der Waals surface area contributed by atoms with Gasteiger partial charge in [-0.3, -0.25) is 0 Å². The van der Waals surface area contributed by atoms with E-state index >= 15 is 0 Å². The van der Waals surface area contributed by atoms with Gasteiger partial charge in [0, 0.05) is 12.4 Å². The monoisotopic (exact) mass is 181 g/mol. The number of hydrogen-bond acceptors (Lipinski definition) is 2. The Morgan fingerprint density at radius 3 is 2.46 bits per heavy atom. The summed E-state index contributed by atoms with van der Waals surface area (Å²) in [6, 6.07) is 3.83. The van der Waals surface area contributed by atoms with E-state index < -0.39 is 5.54 Å². The molecular formula is C9H15N3O. The van der Waals surface area contributed by atoms with Crippen molar-refractivity contribution in [2.24, 2.45) is 10.9 Å². The molecule has 13 heavy (non-hydrogen) atoms. The van der Waals surface area contributed by atoms with E-state index in [-0.39, 0.29) is 5.84 Å². The van der Waals surface area contributed by atoms with E-state index in [0.29, 0.717) is 0 Å². The fourth-order valence-corrected chi connectivity index (χ4v) is 1.27. The van der Waals surface area contributed by atoms with Crippen LogP contribution in [-0.2, 0) is 5.54 Å². The molecule has 0 spiro atoms. The summed E-state index contributed by atoms with van der Waals surface area (Å²) in [7, 11) is 0. The van der Waals surface area contributed by atoms with Gasteiger partial charge in [0.25, 0.3) is 0 Å². The number of oxime groups is 1. The number of nitrogens with two attached hydrogens (primary N) is 1. The predicted molar refractivity (Wildman–Crippen MR) is 51.8 cm³/mol. The van der Waals surface area contributed by atoms with Gasteiger partial charge in [0.1, 0.15) is 5.54 Å². The molecule has 1 heterocycles. The number of aromatic nitrogens is 1. The molecular weight excluding hydrogens is 166 g/mol. The van der Waals surface area contributed by atoms with E-state index in [4.69, 9.17) is 10.9 Å². The van der Waals surface area contributed by atoms with Crippen molar-refractivity contribution in [1.29, 1.82) is 0 Å². The molecule has 1 rings (SSSR count).